The standard InChI is InChI=1S/C14H20O/c1-4-8-14(15)13-10-7-6-9-12(13)11(3)5-2/h6-7,9-11H,4-5,8H2,1-3H3. The Morgan fingerprint density at radius 3 is 2.53 bits per heavy atom. The average molecular weight is 204 g/mol. The molecule has 0 saturated carbocycles. The summed E-state index contributed by atoms with van der Waals surface area (Å²) in [6.07, 6.45) is 2.66. The summed E-state index contributed by atoms with van der Waals surface area (Å²) in [4.78, 5) is 11.9. The molecule has 0 radical (unpaired) electrons. The average Bonchev–Trinajstić information content (AvgIpc) is 2.28. The highest BCUT2D eigenvalue weighted by molar-refractivity contribution is 5.97. The molecule has 0 aromatic heterocycles. The number of benzene rings is 1. The maximum Gasteiger partial charge on any atom is 0.163 e. The molecule has 0 aliphatic heterocycles. The lowest BCUT2D eigenvalue weighted by Gasteiger charge is -2.13. The van der Waals surface area contributed by atoms with Crippen LogP contribution in [0.2, 0.25) is 0 Å². The molecule has 0 aliphatic rings. The van der Waals surface area contributed by atoms with Gasteiger partial charge in [0, 0.05) is 12.0 Å². The monoisotopic (exact) mass is 204 g/mol. The third-order valence-corrected chi connectivity index (χ3v) is 2.88. The van der Waals surface area contributed by atoms with E-state index in [1.165, 1.54) is 5.56 Å². The number of Topliss-reactive ketones (excluding diaryl/α,β-unsaturated/α-hetero) is 1. The van der Waals surface area contributed by atoms with Gasteiger partial charge in [0.2, 0.25) is 0 Å². The lowest BCUT2D eigenvalue weighted by Crippen LogP contribution is -2.05. The summed E-state index contributed by atoms with van der Waals surface area (Å²) in [7, 11) is 0. The fraction of sp³-hybridized carbons (Fsp3) is 0.500. The molecular weight excluding hydrogens is 184 g/mol. The van der Waals surface area contributed by atoms with Gasteiger partial charge in [0.1, 0.15) is 0 Å². The predicted octanol–water partition coefficient (Wildman–Crippen LogP) is 4.18. The molecule has 0 fully saturated rings. The van der Waals surface area contributed by atoms with Crippen molar-refractivity contribution in [3.63, 3.8) is 0 Å². The molecule has 82 valence electrons. The van der Waals surface area contributed by atoms with Gasteiger partial charge in [-0.2, -0.15) is 0 Å². The lowest BCUT2D eigenvalue weighted by molar-refractivity contribution is 0.0980. The first-order chi connectivity index (χ1) is 7.20. The summed E-state index contributed by atoms with van der Waals surface area (Å²) in [5.41, 5.74) is 2.13. The molecular formula is C14H20O. The fourth-order valence-electron chi connectivity index (χ4n) is 1.76. The first-order valence-corrected chi connectivity index (χ1v) is 5.82. The van der Waals surface area contributed by atoms with Crippen LogP contribution in [0.25, 0.3) is 0 Å². The largest absolute Gasteiger partial charge is 0.294 e. The SMILES string of the molecule is CCCC(=O)c1ccccc1C(C)CC. The summed E-state index contributed by atoms with van der Waals surface area (Å²) >= 11 is 0. The number of carbonyl (C=O) groups excluding carboxylic acids is 1. The molecule has 1 aromatic rings. The molecule has 0 heterocycles. The normalized spacial score (nSPS) is 12.5. The zero-order valence-corrected chi connectivity index (χ0v) is 9.92. The molecule has 15 heavy (non-hydrogen) atoms. The van der Waals surface area contributed by atoms with E-state index in [-0.39, 0.29) is 5.78 Å². The molecule has 1 aromatic carbocycles. The fourth-order valence-corrected chi connectivity index (χ4v) is 1.76. The Morgan fingerprint density at radius 2 is 1.93 bits per heavy atom. The molecule has 0 bridgehead atoms. The highest BCUT2D eigenvalue weighted by Crippen LogP contribution is 2.23. The summed E-state index contributed by atoms with van der Waals surface area (Å²) in [5.74, 6) is 0.760. The molecule has 0 saturated heterocycles. The van der Waals surface area contributed by atoms with Crippen LogP contribution >= 0.6 is 0 Å². The molecule has 0 spiro atoms. The summed E-state index contributed by atoms with van der Waals surface area (Å²) < 4.78 is 0. The van der Waals surface area contributed by atoms with Gasteiger partial charge in [0.15, 0.2) is 5.78 Å². The van der Waals surface area contributed by atoms with E-state index in [1.54, 1.807) is 0 Å². The predicted molar refractivity (Wildman–Crippen MR) is 64.4 cm³/mol. The van der Waals surface area contributed by atoms with Gasteiger partial charge in [-0.05, 0) is 24.3 Å². The van der Waals surface area contributed by atoms with Gasteiger partial charge in [-0.15, -0.1) is 0 Å². The quantitative estimate of drug-likeness (QED) is 0.657. The molecule has 1 unspecified atom stereocenters. The summed E-state index contributed by atoms with van der Waals surface area (Å²) in [6.45, 7) is 6.38. The van der Waals surface area contributed by atoms with Crippen molar-refractivity contribution in [2.24, 2.45) is 0 Å². The zero-order valence-electron chi connectivity index (χ0n) is 9.92. The van der Waals surface area contributed by atoms with E-state index in [2.05, 4.69) is 19.9 Å². The van der Waals surface area contributed by atoms with Crippen LogP contribution < -0.4 is 0 Å². The Balaban J connectivity index is 3.00. The van der Waals surface area contributed by atoms with Gasteiger partial charge in [0.25, 0.3) is 0 Å². The van der Waals surface area contributed by atoms with Crippen molar-refractivity contribution in [2.45, 2.75) is 46.0 Å². The third-order valence-electron chi connectivity index (χ3n) is 2.88. The van der Waals surface area contributed by atoms with Gasteiger partial charge >= 0.3 is 0 Å². The van der Waals surface area contributed by atoms with Crippen molar-refractivity contribution >= 4 is 5.78 Å². The molecule has 0 amide bonds. The van der Waals surface area contributed by atoms with Crippen LogP contribution in [0.3, 0.4) is 0 Å². The van der Waals surface area contributed by atoms with Crippen molar-refractivity contribution in [3.8, 4) is 0 Å². The van der Waals surface area contributed by atoms with Crippen molar-refractivity contribution in [1.82, 2.24) is 0 Å². The van der Waals surface area contributed by atoms with E-state index in [9.17, 15) is 4.79 Å². The van der Waals surface area contributed by atoms with E-state index in [4.69, 9.17) is 0 Å². The first-order valence-electron chi connectivity index (χ1n) is 5.82. The minimum absolute atomic E-state index is 0.286. The van der Waals surface area contributed by atoms with Crippen LogP contribution in [0.1, 0.15) is 61.9 Å². The van der Waals surface area contributed by atoms with Gasteiger partial charge in [-0.1, -0.05) is 45.0 Å². The molecule has 1 heteroatoms. The number of hydrogen-bond acceptors (Lipinski definition) is 1. The Kier molecular flexibility index (Phi) is 4.54. The van der Waals surface area contributed by atoms with Crippen LogP contribution in [0, 0.1) is 0 Å². The lowest BCUT2D eigenvalue weighted by atomic mass is 9.91. The van der Waals surface area contributed by atoms with Gasteiger partial charge in [-0.25, -0.2) is 0 Å². The Labute approximate surface area is 92.5 Å². The van der Waals surface area contributed by atoms with E-state index >= 15 is 0 Å². The minimum atomic E-state index is 0.286. The highest BCUT2D eigenvalue weighted by atomic mass is 16.1. The van der Waals surface area contributed by atoms with Gasteiger partial charge in [0.05, 0.1) is 0 Å². The van der Waals surface area contributed by atoms with Crippen LogP contribution in [0.15, 0.2) is 24.3 Å². The van der Waals surface area contributed by atoms with E-state index < -0.39 is 0 Å². The van der Waals surface area contributed by atoms with Crippen molar-refractivity contribution in [2.75, 3.05) is 0 Å². The number of ketones is 1. The van der Waals surface area contributed by atoms with Crippen LogP contribution in [-0.2, 0) is 0 Å². The Hall–Kier alpha value is -1.11. The Morgan fingerprint density at radius 1 is 1.27 bits per heavy atom. The maximum atomic E-state index is 11.9. The zero-order chi connectivity index (χ0) is 11.3. The van der Waals surface area contributed by atoms with Gasteiger partial charge in [-0.3, -0.25) is 4.79 Å². The second-order valence-electron chi connectivity index (χ2n) is 4.07. The Bertz CT molecular complexity index is 328. The van der Waals surface area contributed by atoms with E-state index in [1.807, 2.05) is 25.1 Å². The molecule has 0 aliphatic carbocycles. The second-order valence-corrected chi connectivity index (χ2v) is 4.07. The first kappa shape index (κ1) is 12.0. The second kappa shape index (κ2) is 5.69. The van der Waals surface area contributed by atoms with Gasteiger partial charge < -0.3 is 0 Å². The van der Waals surface area contributed by atoms with Crippen LogP contribution in [0.4, 0.5) is 0 Å². The smallest absolute Gasteiger partial charge is 0.163 e. The topological polar surface area (TPSA) is 17.1 Å². The van der Waals surface area contributed by atoms with Crippen molar-refractivity contribution < 1.29 is 4.79 Å². The van der Waals surface area contributed by atoms with E-state index in [0.717, 1.165) is 18.4 Å². The number of carbonyl (C=O) groups is 1. The highest BCUT2D eigenvalue weighted by Gasteiger charge is 2.13. The molecule has 1 rings (SSSR count). The summed E-state index contributed by atoms with van der Waals surface area (Å²) in [5, 5.41) is 0. The number of rotatable bonds is 5. The van der Waals surface area contributed by atoms with E-state index in [0.29, 0.717) is 12.3 Å². The molecule has 0 N–H and O–H groups in total. The molecule has 1 atom stereocenters. The van der Waals surface area contributed by atoms with Crippen LogP contribution in [0.5, 0.6) is 0 Å². The summed E-state index contributed by atoms with van der Waals surface area (Å²) in [6, 6.07) is 8.01. The van der Waals surface area contributed by atoms with Crippen molar-refractivity contribution in [3.05, 3.63) is 35.4 Å². The van der Waals surface area contributed by atoms with Crippen LogP contribution in [-0.4, -0.2) is 5.78 Å². The third kappa shape index (κ3) is 2.92. The minimum Gasteiger partial charge on any atom is -0.294 e. The van der Waals surface area contributed by atoms with Crippen molar-refractivity contribution in [1.29, 1.82) is 0 Å². The number of hydrogen-bond donors (Lipinski definition) is 0. The maximum absolute atomic E-state index is 11.9. The molecule has 1 nitrogen and oxygen atoms in total.